The van der Waals surface area contributed by atoms with Crippen LogP contribution in [0.3, 0.4) is 0 Å². The standard InChI is InChI=1S/C15H15N3O2S/c1-15(2,18(19)20)8-12-9-16-14-13(4-3-6-17(12)14)11-5-7-21-10-11/h3-7,9-10H,8H2,1-2H3. The van der Waals surface area contributed by atoms with Crippen LogP contribution in [0.4, 0.5) is 0 Å². The molecule has 3 heterocycles. The summed E-state index contributed by atoms with van der Waals surface area (Å²) in [5.41, 5.74) is 2.85. The van der Waals surface area contributed by atoms with Crippen LogP contribution in [-0.2, 0) is 6.42 Å². The Kier molecular flexibility index (Phi) is 3.25. The lowest BCUT2D eigenvalue weighted by Crippen LogP contribution is -2.33. The maximum Gasteiger partial charge on any atom is 0.222 e. The normalized spacial score (nSPS) is 11.9. The lowest BCUT2D eigenvalue weighted by Gasteiger charge is -2.15. The molecular weight excluding hydrogens is 286 g/mol. The number of nitro groups is 1. The van der Waals surface area contributed by atoms with E-state index in [0.29, 0.717) is 6.42 Å². The molecule has 0 amide bonds. The summed E-state index contributed by atoms with van der Waals surface area (Å²) in [6.45, 7) is 3.27. The predicted octanol–water partition coefficient (Wildman–Crippen LogP) is 3.66. The van der Waals surface area contributed by atoms with Gasteiger partial charge in [-0.1, -0.05) is 0 Å². The van der Waals surface area contributed by atoms with Gasteiger partial charge in [0.15, 0.2) is 0 Å². The molecule has 0 N–H and O–H groups in total. The van der Waals surface area contributed by atoms with Crippen LogP contribution < -0.4 is 0 Å². The smallest absolute Gasteiger partial charge is 0.222 e. The molecular formula is C15H15N3O2S. The molecule has 5 nitrogen and oxygen atoms in total. The van der Waals surface area contributed by atoms with Gasteiger partial charge in [-0.05, 0) is 34.5 Å². The van der Waals surface area contributed by atoms with Crippen LogP contribution in [0.5, 0.6) is 0 Å². The number of fused-ring (bicyclic) bond motifs is 1. The molecule has 0 aromatic carbocycles. The second-order valence-electron chi connectivity index (χ2n) is 5.62. The van der Waals surface area contributed by atoms with Crippen molar-refractivity contribution in [1.29, 1.82) is 0 Å². The Morgan fingerprint density at radius 1 is 1.43 bits per heavy atom. The Morgan fingerprint density at radius 2 is 2.24 bits per heavy atom. The highest BCUT2D eigenvalue weighted by Crippen LogP contribution is 2.27. The van der Waals surface area contributed by atoms with E-state index < -0.39 is 5.54 Å². The van der Waals surface area contributed by atoms with Crippen LogP contribution in [0.2, 0.25) is 0 Å². The second kappa shape index (κ2) is 4.96. The zero-order valence-corrected chi connectivity index (χ0v) is 12.6. The van der Waals surface area contributed by atoms with Crippen molar-refractivity contribution in [1.82, 2.24) is 9.38 Å². The molecule has 0 radical (unpaired) electrons. The van der Waals surface area contributed by atoms with Gasteiger partial charge in [0.05, 0.1) is 6.42 Å². The van der Waals surface area contributed by atoms with Gasteiger partial charge in [0.2, 0.25) is 5.54 Å². The Hall–Kier alpha value is -2.21. The van der Waals surface area contributed by atoms with Crippen LogP contribution in [0, 0.1) is 10.1 Å². The van der Waals surface area contributed by atoms with Crippen molar-refractivity contribution in [2.75, 3.05) is 0 Å². The van der Waals surface area contributed by atoms with E-state index in [1.807, 2.05) is 28.1 Å². The summed E-state index contributed by atoms with van der Waals surface area (Å²) in [4.78, 5) is 15.3. The molecule has 0 unspecified atom stereocenters. The van der Waals surface area contributed by atoms with Crippen molar-refractivity contribution in [3.63, 3.8) is 0 Å². The van der Waals surface area contributed by atoms with Gasteiger partial charge < -0.3 is 4.40 Å². The summed E-state index contributed by atoms with van der Waals surface area (Å²) in [5, 5.41) is 15.2. The molecule has 0 fully saturated rings. The van der Waals surface area contributed by atoms with E-state index in [4.69, 9.17) is 0 Å². The number of pyridine rings is 1. The third-order valence-electron chi connectivity index (χ3n) is 3.55. The molecule has 0 atom stereocenters. The van der Waals surface area contributed by atoms with E-state index in [-0.39, 0.29) is 4.92 Å². The number of imidazole rings is 1. The lowest BCUT2D eigenvalue weighted by molar-refractivity contribution is -0.560. The fraction of sp³-hybridized carbons (Fsp3) is 0.267. The van der Waals surface area contributed by atoms with Crippen LogP contribution in [-0.4, -0.2) is 19.8 Å². The molecule has 108 valence electrons. The van der Waals surface area contributed by atoms with Crippen LogP contribution in [0.15, 0.2) is 41.4 Å². The molecule has 0 saturated carbocycles. The monoisotopic (exact) mass is 301 g/mol. The van der Waals surface area contributed by atoms with E-state index >= 15 is 0 Å². The predicted molar refractivity (Wildman–Crippen MR) is 83.3 cm³/mol. The van der Waals surface area contributed by atoms with E-state index in [1.165, 1.54) is 0 Å². The molecule has 0 bridgehead atoms. The van der Waals surface area contributed by atoms with Gasteiger partial charge in [-0.3, -0.25) is 10.1 Å². The molecule has 0 aliphatic carbocycles. The Morgan fingerprint density at radius 3 is 2.90 bits per heavy atom. The van der Waals surface area contributed by atoms with Crippen LogP contribution in [0.25, 0.3) is 16.8 Å². The van der Waals surface area contributed by atoms with Crippen molar-refractivity contribution < 1.29 is 4.92 Å². The van der Waals surface area contributed by atoms with Gasteiger partial charge in [-0.2, -0.15) is 11.3 Å². The van der Waals surface area contributed by atoms with Crippen molar-refractivity contribution in [3.8, 4) is 11.1 Å². The number of hydrogen-bond acceptors (Lipinski definition) is 4. The third-order valence-corrected chi connectivity index (χ3v) is 4.24. The summed E-state index contributed by atoms with van der Waals surface area (Å²) in [5.74, 6) is 0. The molecule has 6 heteroatoms. The van der Waals surface area contributed by atoms with Gasteiger partial charge in [0.25, 0.3) is 0 Å². The highest BCUT2D eigenvalue weighted by molar-refractivity contribution is 7.08. The first kappa shape index (κ1) is 13.8. The molecule has 3 rings (SSSR count). The van der Waals surface area contributed by atoms with E-state index in [2.05, 4.69) is 16.4 Å². The van der Waals surface area contributed by atoms with Gasteiger partial charge >= 0.3 is 0 Å². The molecule has 0 saturated heterocycles. The van der Waals surface area contributed by atoms with Gasteiger partial charge in [0, 0.05) is 42.4 Å². The fourth-order valence-electron chi connectivity index (χ4n) is 2.34. The minimum Gasteiger partial charge on any atom is -0.303 e. The average Bonchev–Trinajstić information content (AvgIpc) is 3.08. The largest absolute Gasteiger partial charge is 0.303 e. The number of hydrogen-bond donors (Lipinski definition) is 0. The van der Waals surface area contributed by atoms with E-state index in [0.717, 1.165) is 22.5 Å². The third kappa shape index (κ3) is 2.42. The summed E-state index contributed by atoms with van der Waals surface area (Å²) in [6.07, 6.45) is 3.98. The van der Waals surface area contributed by atoms with Crippen molar-refractivity contribution >= 4 is 17.0 Å². The number of aromatic nitrogens is 2. The SMILES string of the molecule is CC(C)(Cc1cnc2c(-c3ccsc3)cccn12)[N+](=O)[O-]. The first-order valence-corrected chi connectivity index (χ1v) is 7.55. The summed E-state index contributed by atoms with van der Waals surface area (Å²) >= 11 is 1.64. The van der Waals surface area contributed by atoms with Crippen LogP contribution >= 0.6 is 11.3 Å². The molecule has 0 spiro atoms. The first-order valence-electron chi connectivity index (χ1n) is 6.61. The summed E-state index contributed by atoms with van der Waals surface area (Å²) in [6, 6.07) is 6.02. The van der Waals surface area contributed by atoms with Crippen molar-refractivity contribution in [2.45, 2.75) is 25.8 Å². The zero-order valence-electron chi connectivity index (χ0n) is 11.8. The zero-order chi connectivity index (χ0) is 15.0. The highest BCUT2D eigenvalue weighted by atomic mass is 32.1. The van der Waals surface area contributed by atoms with Gasteiger partial charge in [-0.15, -0.1) is 0 Å². The molecule has 0 aliphatic heterocycles. The minimum absolute atomic E-state index is 0.241. The topological polar surface area (TPSA) is 60.4 Å². The minimum atomic E-state index is -1.01. The maximum atomic E-state index is 11.1. The maximum absolute atomic E-state index is 11.1. The quantitative estimate of drug-likeness (QED) is 0.546. The number of rotatable bonds is 4. The van der Waals surface area contributed by atoms with Crippen LogP contribution in [0.1, 0.15) is 19.5 Å². The van der Waals surface area contributed by atoms with E-state index in [9.17, 15) is 10.1 Å². The first-order chi connectivity index (χ1) is 9.99. The summed E-state index contributed by atoms with van der Waals surface area (Å²) < 4.78 is 1.94. The Labute approximate surface area is 126 Å². The summed E-state index contributed by atoms with van der Waals surface area (Å²) in [7, 11) is 0. The molecule has 0 aliphatic rings. The van der Waals surface area contributed by atoms with E-state index in [1.54, 1.807) is 31.4 Å². The van der Waals surface area contributed by atoms with Gasteiger partial charge in [0.1, 0.15) is 5.65 Å². The molecule has 3 aromatic heterocycles. The lowest BCUT2D eigenvalue weighted by atomic mass is 10.00. The Bertz CT molecular complexity index is 790. The molecule has 3 aromatic rings. The number of thiophene rings is 1. The van der Waals surface area contributed by atoms with Crippen molar-refractivity contribution in [2.24, 2.45) is 0 Å². The average molecular weight is 301 g/mol. The Balaban J connectivity index is 2.08. The number of nitrogens with zero attached hydrogens (tertiary/aromatic N) is 3. The highest BCUT2D eigenvalue weighted by Gasteiger charge is 2.32. The molecule has 21 heavy (non-hydrogen) atoms. The second-order valence-corrected chi connectivity index (χ2v) is 6.40. The fourth-order valence-corrected chi connectivity index (χ4v) is 3.00. The van der Waals surface area contributed by atoms with Crippen molar-refractivity contribution in [3.05, 3.63) is 57.2 Å². The van der Waals surface area contributed by atoms with Gasteiger partial charge in [-0.25, -0.2) is 4.98 Å².